The Balaban J connectivity index is 1.75. The van der Waals surface area contributed by atoms with Crippen molar-refractivity contribution in [3.05, 3.63) is 30.1 Å². The summed E-state index contributed by atoms with van der Waals surface area (Å²) < 4.78 is 1.68. The van der Waals surface area contributed by atoms with Crippen molar-refractivity contribution in [1.29, 1.82) is 0 Å². The first-order chi connectivity index (χ1) is 11.8. The lowest BCUT2D eigenvalue weighted by Gasteiger charge is -2.34. The molecule has 0 saturated heterocycles. The largest absolute Gasteiger partial charge is 0.383 e. The van der Waals surface area contributed by atoms with Gasteiger partial charge in [0.1, 0.15) is 10.8 Å². The number of allylic oxidation sites excluding steroid dienone is 2. The van der Waals surface area contributed by atoms with Gasteiger partial charge in [-0.25, -0.2) is 9.97 Å². The highest BCUT2D eigenvalue weighted by molar-refractivity contribution is 7.98. The highest BCUT2D eigenvalue weighted by atomic mass is 32.2. The van der Waals surface area contributed by atoms with Crippen LogP contribution in [0.5, 0.6) is 0 Å². The van der Waals surface area contributed by atoms with Gasteiger partial charge in [-0.15, -0.1) is 11.8 Å². The van der Waals surface area contributed by atoms with E-state index in [1.165, 1.54) is 37.7 Å². The van der Waals surface area contributed by atoms with Crippen LogP contribution in [-0.2, 0) is 0 Å². The summed E-state index contributed by atoms with van der Waals surface area (Å²) in [6.07, 6.45) is 15.8. The van der Waals surface area contributed by atoms with Crippen molar-refractivity contribution < 1.29 is 0 Å². The van der Waals surface area contributed by atoms with Crippen molar-refractivity contribution in [2.45, 2.75) is 43.6 Å². The lowest BCUT2D eigenvalue weighted by Crippen LogP contribution is -2.21. The van der Waals surface area contributed by atoms with E-state index in [9.17, 15) is 0 Å². The number of hydrogen-bond acceptors (Lipinski definition) is 5. The van der Waals surface area contributed by atoms with E-state index in [2.05, 4.69) is 21.1 Å². The highest BCUT2D eigenvalue weighted by Gasteiger charge is 2.30. The van der Waals surface area contributed by atoms with Gasteiger partial charge in [0.25, 0.3) is 5.95 Å². The number of fused-ring (bicyclic) bond motifs is 1. The third-order valence-corrected chi connectivity index (χ3v) is 5.99. The van der Waals surface area contributed by atoms with E-state index in [1.807, 2.05) is 6.26 Å². The van der Waals surface area contributed by atoms with E-state index in [0.29, 0.717) is 17.7 Å². The zero-order valence-corrected chi connectivity index (χ0v) is 14.8. The van der Waals surface area contributed by atoms with Crippen LogP contribution in [0.15, 0.2) is 29.6 Å². The van der Waals surface area contributed by atoms with Gasteiger partial charge in [0.2, 0.25) is 0 Å². The van der Waals surface area contributed by atoms with Crippen LogP contribution in [-0.4, -0.2) is 26.0 Å². The van der Waals surface area contributed by atoms with Gasteiger partial charge in [0.05, 0.1) is 5.56 Å². The maximum absolute atomic E-state index is 6.48. The maximum atomic E-state index is 6.48. The van der Waals surface area contributed by atoms with Crippen molar-refractivity contribution >= 4 is 23.2 Å². The Hall–Kier alpha value is -1.82. The molecule has 4 rings (SSSR count). The number of anilines is 1. The summed E-state index contributed by atoms with van der Waals surface area (Å²) in [5.74, 6) is 2.77. The van der Waals surface area contributed by atoms with E-state index in [1.54, 1.807) is 34.9 Å². The molecular formula is C18H23N5S. The number of nitrogens with two attached hydrogens (primary N) is 1. The monoisotopic (exact) mass is 341 g/mol. The molecule has 0 aliphatic heterocycles. The molecule has 0 aromatic carbocycles. The Labute approximate surface area is 146 Å². The fraction of sp³-hybridized carbons (Fsp3) is 0.500. The minimum atomic E-state index is 0.531. The Morgan fingerprint density at radius 2 is 1.96 bits per heavy atom. The van der Waals surface area contributed by atoms with Gasteiger partial charge >= 0.3 is 0 Å². The molecule has 2 heterocycles. The molecular weight excluding hydrogens is 318 g/mol. The third kappa shape index (κ3) is 2.73. The smallest absolute Gasteiger partial charge is 0.252 e. The van der Waals surface area contributed by atoms with Crippen molar-refractivity contribution in [2.24, 2.45) is 11.8 Å². The van der Waals surface area contributed by atoms with Crippen LogP contribution in [0.3, 0.4) is 0 Å². The molecule has 126 valence electrons. The fourth-order valence-corrected chi connectivity index (χ4v) is 4.72. The predicted molar refractivity (Wildman–Crippen MR) is 98.0 cm³/mol. The SMILES string of the molecule is CSc1nn(-c2ncccn2)c(N)c1C1=CC2CCCCC2CC1. The van der Waals surface area contributed by atoms with Crippen LogP contribution in [0.2, 0.25) is 0 Å². The highest BCUT2D eigenvalue weighted by Crippen LogP contribution is 2.44. The van der Waals surface area contributed by atoms with Gasteiger partial charge in [0.15, 0.2) is 0 Å². The molecule has 5 nitrogen and oxygen atoms in total. The lowest BCUT2D eigenvalue weighted by molar-refractivity contribution is 0.262. The summed E-state index contributed by atoms with van der Waals surface area (Å²) in [7, 11) is 0. The first kappa shape index (κ1) is 15.7. The molecule has 0 radical (unpaired) electrons. The summed E-state index contributed by atoms with van der Waals surface area (Å²) in [4.78, 5) is 8.58. The molecule has 2 unspecified atom stereocenters. The predicted octanol–water partition coefficient (Wildman–Crippen LogP) is 3.95. The van der Waals surface area contributed by atoms with Crippen molar-refractivity contribution in [3.63, 3.8) is 0 Å². The second kappa shape index (κ2) is 6.59. The second-order valence-electron chi connectivity index (χ2n) is 6.67. The summed E-state index contributed by atoms with van der Waals surface area (Å²) in [6, 6.07) is 1.80. The van der Waals surface area contributed by atoms with Gasteiger partial charge < -0.3 is 5.73 Å². The number of nitrogens with zero attached hydrogens (tertiary/aromatic N) is 4. The maximum Gasteiger partial charge on any atom is 0.252 e. The van der Waals surface area contributed by atoms with Crippen molar-refractivity contribution in [3.8, 4) is 5.95 Å². The molecule has 24 heavy (non-hydrogen) atoms. The standard InChI is InChI=1S/C18H23N5S/c1-24-17-15(14-8-7-12-5-2-3-6-13(12)11-14)16(19)23(22-17)18-20-9-4-10-21-18/h4,9-13H,2-3,5-8,19H2,1H3. The fourth-order valence-electron chi connectivity index (χ4n) is 4.11. The molecule has 1 saturated carbocycles. The Kier molecular flexibility index (Phi) is 4.31. The zero-order valence-electron chi connectivity index (χ0n) is 14.0. The topological polar surface area (TPSA) is 69.6 Å². The quantitative estimate of drug-likeness (QED) is 0.856. The molecule has 0 amide bonds. The minimum Gasteiger partial charge on any atom is -0.383 e. The molecule has 2 N–H and O–H groups in total. The molecule has 2 aromatic rings. The number of hydrogen-bond donors (Lipinski definition) is 1. The van der Waals surface area contributed by atoms with Crippen molar-refractivity contribution in [2.75, 3.05) is 12.0 Å². The molecule has 2 aliphatic rings. The Bertz CT molecular complexity index is 752. The van der Waals surface area contributed by atoms with Crippen molar-refractivity contribution in [1.82, 2.24) is 19.7 Å². The summed E-state index contributed by atoms with van der Waals surface area (Å²) in [5.41, 5.74) is 8.94. The lowest BCUT2D eigenvalue weighted by atomic mass is 9.71. The molecule has 2 aromatic heterocycles. The van der Waals surface area contributed by atoms with E-state index in [4.69, 9.17) is 5.73 Å². The number of nitrogen functional groups attached to an aromatic ring is 1. The summed E-state index contributed by atoms with van der Waals surface area (Å²) >= 11 is 1.64. The van der Waals surface area contributed by atoms with Gasteiger partial charge in [-0.1, -0.05) is 18.9 Å². The number of aromatic nitrogens is 4. The van der Waals surface area contributed by atoms with Crippen LogP contribution in [0.4, 0.5) is 5.82 Å². The van der Waals surface area contributed by atoms with Gasteiger partial charge in [-0.3, -0.25) is 0 Å². The van der Waals surface area contributed by atoms with Crippen LogP contribution < -0.4 is 5.73 Å². The van der Waals surface area contributed by atoms with Gasteiger partial charge in [0, 0.05) is 12.4 Å². The summed E-state index contributed by atoms with van der Waals surface area (Å²) in [6.45, 7) is 0. The zero-order chi connectivity index (χ0) is 16.5. The first-order valence-corrected chi connectivity index (χ1v) is 9.91. The Morgan fingerprint density at radius 3 is 2.75 bits per heavy atom. The van der Waals surface area contributed by atoms with Gasteiger partial charge in [-0.05, 0) is 55.4 Å². The molecule has 0 bridgehead atoms. The minimum absolute atomic E-state index is 0.531. The molecule has 2 aliphatic carbocycles. The molecule has 6 heteroatoms. The first-order valence-electron chi connectivity index (χ1n) is 8.69. The normalized spacial score (nSPS) is 23.6. The number of thioether (sulfide) groups is 1. The van der Waals surface area contributed by atoms with E-state index < -0.39 is 0 Å². The average molecular weight is 341 g/mol. The van der Waals surface area contributed by atoms with E-state index >= 15 is 0 Å². The molecule has 0 spiro atoms. The molecule has 1 fully saturated rings. The average Bonchev–Trinajstić information content (AvgIpc) is 2.98. The summed E-state index contributed by atoms with van der Waals surface area (Å²) in [5, 5.41) is 5.64. The second-order valence-corrected chi connectivity index (χ2v) is 7.46. The van der Waals surface area contributed by atoms with Crippen LogP contribution in [0.1, 0.15) is 44.1 Å². The van der Waals surface area contributed by atoms with E-state index in [0.717, 1.165) is 22.9 Å². The van der Waals surface area contributed by atoms with E-state index in [-0.39, 0.29) is 0 Å². The van der Waals surface area contributed by atoms with Crippen LogP contribution in [0.25, 0.3) is 11.5 Å². The Morgan fingerprint density at radius 1 is 1.17 bits per heavy atom. The van der Waals surface area contributed by atoms with Crippen LogP contribution in [0, 0.1) is 11.8 Å². The van der Waals surface area contributed by atoms with Gasteiger partial charge in [-0.2, -0.15) is 9.78 Å². The van der Waals surface area contributed by atoms with Crippen LogP contribution >= 0.6 is 11.8 Å². The number of rotatable bonds is 3. The third-order valence-electron chi connectivity index (χ3n) is 5.31. The molecule has 2 atom stereocenters.